The number of nitrogens with one attached hydrogen (secondary N) is 2. The Morgan fingerprint density at radius 2 is 1.45 bits per heavy atom. The number of ether oxygens (including phenoxy) is 3. The molecular formula is C46H41ClN8O12S2. The fraction of sp³-hybridized carbons (Fsp3) is 0.217. The highest BCUT2D eigenvalue weighted by Gasteiger charge is 2.56. The molecule has 20 nitrogen and oxygen atoms in total. The van der Waals surface area contributed by atoms with Gasteiger partial charge in [-0.3, -0.25) is 28.3 Å². The summed E-state index contributed by atoms with van der Waals surface area (Å²) in [7, 11) is -8.80. The number of aliphatic imine (C=N–C) groups is 1. The summed E-state index contributed by atoms with van der Waals surface area (Å²) in [6, 6.07) is 21.0. The van der Waals surface area contributed by atoms with Crippen LogP contribution in [0.4, 0.5) is 11.4 Å². The number of carbonyl (C=O) groups is 3. The van der Waals surface area contributed by atoms with Crippen LogP contribution in [0.15, 0.2) is 99.7 Å². The Labute approximate surface area is 399 Å². The first-order valence-electron chi connectivity index (χ1n) is 21.2. The maximum atomic E-state index is 13.7. The highest BCUT2D eigenvalue weighted by Crippen LogP contribution is 2.60. The Balaban J connectivity index is 0.886. The molecule has 2 amide bonds. The normalized spacial score (nSPS) is 15.3. The number of amides is 2. The van der Waals surface area contributed by atoms with Crippen LogP contribution < -0.4 is 31.6 Å². The van der Waals surface area contributed by atoms with Crippen molar-refractivity contribution in [1.29, 1.82) is 0 Å². The van der Waals surface area contributed by atoms with Crippen LogP contribution in [-0.4, -0.2) is 84.4 Å². The number of carbonyl (C=O) groups excluding carboxylic acids is 3. The van der Waals surface area contributed by atoms with Gasteiger partial charge in [-0.1, -0.05) is 23.7 Å². The van der Waals surface area contributed by atoms with E-state index >= 15 is 0 Å². The van der Waals surface area contributed by atoms with Gasteiger partial charge in [-0.05, 0) is 99.0 Å². The molecule has 6 aromatic rings. The number of nitrogens with two attached hydrogens (primary N) is 2. The van der Waals surface area contributed by atoms with Crippen LogP contribution in [0.25, 0.3) is 5.69 Å². The molecule has 23 heteroatoms. The first-order valence-corrected chi connectivity index (χ1v) is 24.4. The number of fused-ring (bicyclic) bond motifs is 9. The lowest BCUT2D eigenvalue weighted by atomic mass is 9.77. The number of nitrogen functional groups attached to an aromatic ring is 2. The van der Waals surface area contributed by atoms with E-state index in [0.717, 1.165) is 28.9 Å². The third-order valence-corrected chi connectivity index (χ3v) is 14.1. The van der Waals surface area contributed by atoms with Crippen molar-refractivity contribution in [2.45, 2.75) is 54.0 Å². The molecule has 0 aliphatic carbocycles. The monoisotopic (exact) mass is 996 g/mol. The first-order chi connectivity index (χ1) is 32.8. The molecule has 9 rings (SSSR count). The second-order valence-corrected chi connectivity index (χ2v) is 19.5. The standard InChI is InChI=1S/C46H41ClN8O12S2/c1-23-53-54-43-35(52-38(24-6-9-26(47)10-7-24)29-21-27(65-2)11-17-36(29)55(23)43)22-37(56)50-18-4-3-5-19-51-44(57)25-8-12-28-32(20-25)46(67-45(28)58)30-13-15-33(48)41(68(59,60)61)39(30)66-40-31(46)14-16-34(49)42(40)69(62,63)64/h6-17,20-21,35H,3-5,18-19,22,48-49H2,1-2H3,(H,50,56)(H,51,57)(H,59,60,61)(H,62,63,64)/t35-/m0/s1. The molecule has 0 saturated heterocycles. The van der Waals surface area contributed by atoms with E-state index < -0.39 is 76.4 Å². The van der Waals surface area contributed by atoms with Crippen LogP contribution in [0.5, 0.6) is 17.2 Å². The van der Waals surface area contributed by atoms with Crippen LogP contribution in [0.1, 0.15) is 91.9 Å². The molecule has 5 aromatic carbocycles. The Kier molecular flexibility index (Phi) is 11.9. The zero-order valence-corrected chi connectivity index (χ0v) is 38.9. The lowest BCUT2D eigenvalue weighted by Gasteiger charge is -2.37. The largest absolute Gasteiger partial charge is 0.497 e. The fourth-order valence-corrected chi connectivity index (χ4v) is 10.5. The Morgan fingerprint density at radius 3 is 2.07 bits per heavy atom. The Bertz CT molecular complexity index is 3330. The molecule has 4 heterocycles. The molecule has 0 fully saturated rings. The van der Waals surface area contributed by atoms with Crippen molar-refractivity contribution < 1.29 is 54.5 Å². The van der Waals surface area contributed by atoms with Crippen molar-refractivity contribution in [2.75, 3.05) is 31.7 Å². The fourth-order valence-electron chi connectivity index (χ4n) is 8.88. The van der Waals surface area contributed by atoms with Crippen LogP contribution in [-0.2, 0) is 35.4 Å². The van der Waals surface area contributed by atoms with E-state index in [2.05, 4.69) is 20.8 Å². The van der Waals surface area contributed by atoms with Crippen LogP contribution in [0.2, 0.25) is 5.02 Å². The number of hydrogen-bond acceptors (Lipinski definition) is 15. The minimum Gasteiger partial charge on any atom is -0.497 e. The number of benzene rings is 5. The molecule has 1 aromatic heterocycles. The van der Waals surface area contributed by atoms with E-state index in [0.29, 0.717) is 53.9 Å². The van der Waals surface area contributed by atoms with E-state index in [4.69, 9.17) is 42.3 Å². The van der Waals surface area contributed by atoms with Gasteiger partial charge in [0.1, 0.15) is 17.6 Å². The smallest absolute Gasteiger partial charge is 0.340 e. The molecule has 3 aliphatic rings. The number of halogens is 1. The quantitative estimate of drug-likeness (QED) is 0.0362. The van der Waals surface area contributed by atoms with Gasteiger partial charge in [-0.15, -0.1) is 10.2 Å². The van der Waals surface area contributed by atoms with Crippen LogP contribution in [0, 0.1) is 6.92 Å². The van der Waals surface area contributed by atoms with Gasteiger partial charge in [-0.2, -0.15) is 16.8 Å². The molecule has 1 atom stereocenters. The molecule has 356 valence electrons. The molecule has 1 spiro atoms. The average Bonchev–Trinajstić information content (AvgIpc) is 3.78. The third-order valence-electron chi connectivity index (χ3n) is 12.0. The number of aromatic nitrogens is 3. The van der Waals surface area contributed by atoms with Gasteiger partial charge in [0.15, 0.2) is 32.7 Å². The third kappa shape index (κ3) is 8.28. The van der Waals surface area contributed by atoms with Crippen LogP contribution >= 0.6 is 11.6 Å². The number of hydrogen-bond donors (Lipinski definition) is 6. The predicted octanol–water partition coefficient (Wildman–Crippen LogP) is 5.46. The summed E-state index contributed by atoms with van der Waals surface area (Å²) in [5, 5.41) is 15.1. The number of esters is 1. The number of rotatable bonds is 13. The molecule has 0 radical (unpaired) electrons. The maximum absolute atomic E-state index is 13.7. The van der Waals surface area contributed by atoms with E-state index in [1.165, 1.54) is 30.3 Å². The van der Waals surface area contributed by atoms with Crippen molar-refractivity contribution in [3.63, 3.8) is 0 Å². The highest BCUT2D eigenvalue weighted by molar-refractivity contribution is 7.86. The summed E-state index contributed by atoms with van der Waals surface area (Å²) in [4.78, 5) is 43.9. The molecule has 8 N–H and O–H groups in total. The van der Waals surface area contributed by atoms with Gasteiger partial charge in [0.25, 0.3) is 26.1 Å². The summed E-state index contributed by atoms with van der Waals surface area (Å²) in [5.41, 5.74) is 11.2. The zero-order valence-electron chi connectivity index (χ0n) is 36.5. The summed E-state index contributed by atoms with van der Waals surface area (Å²) in [6.45, 7) is 2.37. The summed E-state index contributed by atoms with van der Waals surface area (Å²) in [5.74, 6) is -1.44. The van der Waals surface area contributed by atoms with Crippen molar-refractivity contribution in [3.05, 3.63) is 141 Å². The van der Waals surface area contributed by atoms with Crippen molar-refractivity contribution in [2.24, 2.45) is 4.99 Å². The SMILES string of the molecule is COc1ccc2c(c1)C(c1ccc(Cl)cc1)=N[C@@H](CC(=O)NCCCCCNC(=O)c1ccc3c(c1)C1(OC3=O)c3ccc(N)c(S(=O)(=O)O)c3Oc3c1ccc(N)c3S(=O)(=O)O)c1nnc(C)n1-2. The van der Waals surface area contributed by atoms with E-state index in [1.54, 1.807) is 19.2 Å². The van der Waals surface area contributed by atoms with Gasteiger partial charge < -0.3 is 36.3 Å². The summed E-state index contributed by atoms with van der Waals surface area (Å²) < 4.78 is 90.5. The lowest BCUT2D eigenvalue weighted by molar-refractivity contribution is -0.121. The molecule has 0 saturated carbocycles. The molecule has 0 unspecified atom stereocenters. The first kappa shape index (κ1) is 46.7. The number of methoxy groups -OCH3 is 1. The number of anilines is 2. The Morgan fingerprint density at radius 1 is 0.812 bits per heavy atom. The van der Waals surface area contributed by atoms with Gasteiger partial charge in [0.2, 0.25) is 5.91 Å². The molecular weight excluding hydrogens is 956 g/mol. The van der Waals surface area contributed by atoms with Gasteiger partial charge in [-0.25, -0.2) is 4.79 Å². The molecule has 3 aliphatic heterocycles. The van der Waals surface area contributed by atoms with Gasteiger partial charge in [0, 0.05) is 51.5 Å². The van der Waals surface area contributed by atoms with E-state index in [-0.39, 0.29) is 46.7 Å². The second kappa shape index (κ2) is 17.6. The van der Waals surface area contributed by atoms with E-state index in [9.17, 15) is 40.3 Å². The van der Waals surface area contributed by atoms with Gasteiger partial charge in [0.05, 0.1) is 41.9 Å². The van der Waals surface area contributed by atoms with E-state index in [1.807, 2.05) is 41.8 Å². The lowest BCUT2D eigenvalue weighted by Crippen LogP contribution is -2.35. The van der Waals surface area contributed by atoms with Crippen LogP contribution in [0.3, 0.4) is 0 Å². The minimum absolute atomic E-state index is 0.0188. The summed E-state index contributed by atoms with van der Waals surface area (Å²) >= 11 is 6.22. The Hall–Kier alpha value is -7.37. The maximum Gasteiger partial charge on any atom is 0.340 e. The second-order valence-electron chi connectivity index (χ2n) is 16.3. The zero-order chi connectivity index (χ0) is 49.2. The molecule has 69 heavy (non-hydrogen) atoms. The topological polar surface area (TPSA) is 307 Å². The molecule has 0 bridgehead atoms. The van der Waals surface area contributed by atoms with Gasteiger partial charge >= 0.3 is 5.97 Å². The average molecular weight is 997 g/mol. The predicted molar refractivity (Wildman–Crippen MR) is 249 cm³/mol. The van der Waals surface area contributed by atoms with Crippen molar-refractivity contribution in [3.8, 4) is 22.9 Å². The minimum atomic E-state index is -5.19. The number of nitrogens with zero attached hydrogens (tertiary/aromatic N) is 4. The number of unbranched alkanes of at least 4 members (excludes halogenated alkanes) is 2. The van der Waals surface area contributed by atoms with Crippen molar-refractivity contribution >= 4 is 66.7 Å². The number of aryl methyl sites for hydroxylation is 1. The van der Waals surface area contributed by atoms with Crippen molar-refractivity contribution in [1.82, 2.24) is 25.4 Å². The highest BCUT2D eigenvalue weighted by atomic mass is 35.5. The summed E-state index contributed by atoms with van der Waals surface area (Å²) in [6.07, 6.45) is 1.66.